The second-order valence-electron chi connectivity index (χ2n) is 2.53. The predicted molar refractivity (Wildman–Crippen MR) is 48.6 cm³/mol. The minimum Gasteiger partial charge on any atom is -0.505 e. The maximum atomic E-state index is 12.3. The van der Waals surface area contributed by atoms with Crippen LogP contribution in [0.15, 0.2) is 21.6 Å². The van der Waals surface area contributed by atoms with Crippen LogP contribution in [0.4, 0.5) is 18.9 Å². The number of halogens is 4. The first-order chi connectivity index (χ1) is 6.86. The third kappa shape index (κ3) is 2.57. The van der Waals surface area contributed by atoms with Gasteiger partial charge in [0.25, 0.3) is 0 Å². The summed E-state index contributed by atoms with van der Waals surface area (Å²) in [5, 5.41) is 9.23. The zero-order valence-electron chi connectivity index (χ0n) is 6.97. The van der Waals surface area contributed by atoms with E-state index in [2.05, 4.69) is 20.9 Å². The van der Waals surface area contributed by atoms with E-state index in [1.165, 1.54) is 0 Å². The van der Waals surface area contributed by atoms with E-state index in [0.717, 1.165) is 6.08 Å². The Balaban J connectivity index is 3.42. The summed E-state index contributed by atoms with van der Waals surface area (Å²) in [5.74, 6) is -0.536. The molecule has 0 atom stereocenters. The summed E-state index contributed by atoms with van der Waals surface area (Å²) in [4.78, 5) is 12.9. The highest BCUT2D eigenvalue weighted by Crippen LogP contribution is 2.40. The summed E-state index contributed by atoms with van der Waals surface area (Å²) in [7, 11) is 0. The standard InChI is InChI=1S/C8H3BrF3NO2/c9-5-1-4(8(10,11)12)2-6(7(5)15)13-3-14/h1-2,15H. The molecule has 0 aliphatic carbocycles. The van der Waals surface area contributed by atoms with Crippen LogP contribution in [0.1, 0.15) is 5.56 Å². The number of carbonyl (C=O) groups excluding carboxylic acids is 1. The lowest BCUT2D eigenvalue weighted by Gasteiger charge is -2.08. The lowest BCUT2D eigenvalue weighted by atomic mass is 10.2. The van der Waals surface area contributed by atoms with Crippen molar-refractivity contribution < 1.29 is 23.1 Å². The molecule has 1 rings (SSSR count). The Hall–Kier alpha value is -1.33. The van der Waals surface area contributed by atoms with Gasteiger partial charge < -0.3 is 5.11 Å². The average Bonchev–Trinajstić information content (AvgIpc) is 2.11. The van der Waals surface area contributed by atoms with Crippen molar-refractivity contribution in [1.29, 1.82) is 0 Å². The molecule has 1 aromatic rings. The third-order valence-electron chi connectivity index (χ3n) is 1.54. The summed E-state index contributed by atoms with van der Waals surface area (Å²) in [5.41, 5.74) is -1.49. The Morgan fingerprint density at radius 2 is 2.00 bits per heavy atom. The van der Waals surface area contributed by atoms with Gasteiger partial charge in [0.05, 0.1) is 10.0 Å². The van der Waals surface area contributed by atoms with Gasteiger partial charge in [-0.1, -0.05) is 0 Å². The second-order valence-corrected chi connectivity index (χ2v) is 3.38. The SMILES string of the molecule is O=C=Nc1cc(C(F)(F)F)cc(Br)c1O. The summed E-state index contributed by atoms with van der Waals surface area (Å²) in [6.45, 7) is 0. The van der Waals surface area contributed by atoms with Crippen molar-refractivity contribution in [3.05, 3.63) is 22.2 Å². The number of isocyanates is 1. The highest BCUT2D eigenvalue weighted by Gasteiger charge is 2.32. The molecule has 1 N–H and O–H groups in total. The molecular weight excluding hydrogens is 279 g/mol. The van der Waals surface area contributed by atoms with Crippen LogP contribution < -0.4 is 0 Å². The van der Waals surface area contributed by atoms with Gasteiger partial charge in [-0.05, 0) is 28.1 Å². The molecule has 0 radical (unpaired) electrons. The van der Waals surface area contributed by atoms with Crippen LogP contribution in [0, 0.1) is 0 Å². The Morgan fingerprint density at radius 3 is 2.47 bits per heavy atom. The van der Waals surface area contributed by atoms with E-state index in [0.29, 0.717) is 12.1 Å². The first-order valence-corrected chi connectivity index (χ1v) is 4.33. The lowest BCUT2D eigenvalue weighted by Crippen LogP contribution is -2.04. The molecule has 80 valence electrons. The van der Waals surface area contributed by atoms with Gasteiger partial charge in [-0.2, -0.15) is 18.2 Å². The first kappa shape index (κ1) is 11.7. The number of nitrogens with zero attached hydrogens (tertiary/aromatic N) is 1. The first-order valence-electron chi connectivity index (χ1n) is 3.54. The van der Waals surface area contributed by atoms with Crippen LogP contribution in [0.2, 0.25) is 0 Å². The molecule has 3 nitrogen and oxygen atoms in total. The van der Waals surface area contributed by atoms with E-state index >= 15 is 0 Å². The molecule has 0 aromatic heterocycles. The van der Waals surface area contributed by atoms with Crippen LogP contribution >= 0.6 is 15.9 Å². The van der Waals surface area contributed by atoms with E-state index in [1.54, 1.807) is 0 Å². The van der Waals surface area contributed by atoms with Crippen molar-refractivity contribution in [2.45, 2.75) is 6.18 Å². The van der Waals surface area contributed by atoms with Gasteiger partial charge in [0.2, 0.25) is 6.08 Å². The van der Waals surface area contributed by atoms with Crippen molar-refractivity contribution in [2.75, 3.05) is 0 Å². The van der Waals surface area contributed by atoms with Gasteiger partial charge in [-0.3, -0.25) is 0 Å². The number of phenols is 1. The van der Waals surface area contributed by atoms with Gasteiger partial charge >= 0.3 is 6.18 Å². The minimum absolute atomic E-state index is 0.189. The number of aliphatic imine (C=N–C) groups is 1. The van der Waals surface area contributed by atoms with E-state index in [-0.39, 0.29) is 4.47 Å². The molecule has 0 aliphatic heterocycles. The van der Waals surface area contributed by atoms with Crippen LogP contribution in [-0.2, 0) is 11.0 Å². The second kappa shape index (κ2) is 4.04. The maximum Gasteiger partial charge on any atom is 0.416 e. The lowest BCUT2D eigenvalue weighted by molar-refractivity contribution is -0.137. The average molecular weight is 282 g/mol. The summed E-state index contributed by atoms with van der Waals surface area (Å²) in [6, 6.07) is 1.25. The van der Waals surface area contributed by atoms with E-state index in [9.17, 15) is 23.1 Å². The molecule has 0 unspecified atom stereocenters. The zero-order valence-corrected chi connectivity index (χ0v) is 8.56. The van der Waals surface area contributed by atoms with Gasteiger partial charge in [-0.15, -0.1) is 0 Å². The third-order valence-corrected chi connectivity index (χ3v) is 2.14. The molecule has 0 bridgehead atoms. The molecule has 7 heteroatoms. The molecule has 0 saturated heterocycles. The zero-order chi connectivity index (χ0) is 11.6. The highest BCUT2D eigenvalue weighted by molar-refractivity contribution is 9.10. The Morgan fingerprint density at radius 1 is 1.40 bits per heavy atom. The molecule has 0 spiro atoms. The quantitative estimate of drug-likeness (QED) is 0.635. The van der Waals surface area contributed by atoms with Crippen LogP contribution in [-0.4, -0.2) is 11.2 Å². The van der Waals surface area contributed by atoms with Crippen molar-refractivity contribution in [3.63, 3.8) is 0 Å². The fourth-order valence-electron chi connectivity index (χ4n) is 0.883. The van der Waals surface area contributed by atoms with E-state index in [4.69, 9.17) is 0 Å². The largest absolute Gasteiger partial charge is 0.505 e. The van der Waals surface area contributed by atoms with Gasteiger partial charge in [-0.25, -0.2) is 4.79 Å². The number of benzene rings is 1. The molecule has 0 amide bonds. The minimum atomic E-state index is -4.57. The fraction of sp³-hybridized carbons (Fsp3) is 0.125. The molecule has 0 heterocycles. The molecule has 1 aromatic carbocycles. The normalized spacial score (nSPS) is 10.9. The summed E-state index contributed by atoms with van der Waals surface area (Å²) >= 11 is 2.72. The van der Waals surface area contributed by atoms with Gasteiger partial charge in [0.15, 0.2) is 5.75 Å². The number of alkyl halides is 3. The topological polar surface area (TPSA) is 49.7 Å². The molecular formula is C8H3BrF3NO2. The number of hydrogen-bond acceptors (Lipinski definition) is 3. The molecule has 15 heavy (non-hydrogen) atoms. The monoisotopic (exact) mass is 281 g/mol. The summed E-state index contributed by atoms with van der Waals surface area (Å²) < 4.78 is 36.6. The van der Waals surface area contributed by atoms with Crippen LogP contribution in [0.3, 0.4) is 0 Å². The van der Waals surface area contributed by atoms with Crippen LogP contribution in [0.25, 0.3) is 0 Å². The Kier molecular flexibility index (Phi) is 3.16. The highest BCUT2D eigenvalue weighted by atomic mass is 79.9. The number of hydrogen-bond donors (Lipinski definition) is 1. The summed E-state index contributed by atoms with van der Waals surface area (Å²) in [6.07, 6.45) is -3.51. The van der Waals surface area contributed by atoms with E-state index < -0.39 is 23.2 Å². The van der Waals surface area contributed by atoms with Crippen molar-refractivity contribution in [2.24, 2.45) is 4.99 Å². The fourth-order valence-corrected chi connectivity index (χ4v) is 1.33. The van der Waals surface area contributed by atoms with Crippen molar-refractivity contribution in [1.82, 2.24) is 0 Å². The van der Waals surface area contributed by atoms with Gasteiger partial charge in [0, 0.05) is 0 Å². The maximum absolute atomic E-state index is 12.3. The molecule has 0 aliphatic rings. The van der Waals surface area contributed by atoms with Crippen LogP contribution in [0.5, 0.6) is 5.75 Å². The molecule has 0 fully saturated rings. The predicted octanol–water partition coefficient (Wildman–Crippen LogP) is 3.14. The smallest absolute Gasteiger partial charge is 0.416 e. The number of aromatic hydroxyl groups is 1. The van der Waals surface area contributed by atoms with E-state index in [1.807, 2.05) is 0 Å². The Labute approximate surface area is 90.4 Å². The van der Waals surface area contributed by atoms with Crippen molar-refractivity contribution >= 4 is 27.7 Å². The van der Waals surface area contributed by atoms with Crippen molar-refractivity contribution in [3.8, 4) is 5.75 Å². The number of rotatable bonds is 1. The Bertz CT molecular complexity index is 438. The number of phenolic OH excluding ortho intramolecular Hbond substituents is 1. The molecule has 0 saturated carbocycles. The van der Waals surface area contributed by atoms with Gasteiger partial charge in [0.1, 0.15) is 5.69 Å².